The molecule has 4 nitrogen and oxygen atoms in total. The summed E-state index contributed by atoms with van der Waals surface area (Å²) in [5.41, 5.74) is 2.43. The van der Waals surface area contributed by atoms with Crippen molar-refractivity contribution < 1.29 is 4.79 Å². The van der Waals surface area contributed by atoms with Crippen LogP contribution in [0.25, 0.3) is 0 Å². The van der Waals surface area contributed by atoms with Gasteiger partial charge in [0.15, 0.2) is 0 Å². The Kier molecular flexibility index (Phi) is 4.56. The first kappa shape index (κ1) is 14.5. The van der Waals surface area contributed by atoms with E-state index < -0.39 is 0 Å². The molecule has 2 unspecified atom stereocenters. The molecule has 114 valence electrons. The van der Waals surface area contributed by atoms with Gasteiger partial charge in [-0.05, 0) is 37.6 Å². The number of carbonyl (C=O) groups is 1. The molecule has 2 N–H and O–H groups in total. The highest BCUT2D eigenvalue weighted by atomic mass is 16.1. The number of benzene rings is 1. The average molecular weight is 287 g/mol. The number of fused-ring (bicyclic) bond motifs is 1. The number of nitrogens with zero attached hydrogens (tertiary/aromatic N) is 1. The summed E-state index contributed by atoms with van der Waals surface area (Å²) in [7, 11) is 2.16. The second-order valence-electron chi connectivity index (χ2n) is 6.26. The quantitative estimate of drug-likeness (QED) is 0.885. The number of likely N-dealkylation sites (N-methyl/N-ethyl adjacent to an activating group) is 1. The van der Waals surface area contributed by atoms with Crippen LogP contribution in [0.2, 0.25) is 0 Å². The largest absolute Gasteiger partial charge is 0.354 e. The minimum absolute atomic E-state index is 0.0520. The van der Waals surface area contributed by atoms with Crippen molar-refractivity contribution in [3.63, 3.8) is 0 Å². The Morgan fingerprint density at radius 2 is 2.24 bits per heavy atom. The molecule has 4 heteroatoms. The Morgan fingerprint density at radius 1 is 1.38 bits per heavy atom. The van der Waals surface area contributed by atoms with Gasteiger partial charge in [0.25, 0.3) is 0 Å². The monoisotopic (exact) mass is 287 g/mol. The van der Waals surface area contributed by atoms with Gasteiger partial charge < -0.3 is 15.5 Å². The number of likely N-dealkylation sites (tertiary alicyclic amines) is 1. The number of rotatable bonds is 3. The molecule has 0 radical (unpaired) electrons. The number of hydrogen-bond acceptors (Lipinski definition) is 3. The van der Waals surface area contributed by atoms with Gasteiger partial charge in [0.2, 0.25) is 5.91 Å². The molecule has 2 atom stereocenters. The molecule has 21 heavy (non-hydrogen) atoms. The van der Waals surface area contributed by atoms with E-state index in [4.69, 9.17) is 0 Å². The third-order valence-corrected chi connectivity index (χ3v) is 4.84. The van der Waals surface area contributed by atoms with Crippen molar-refractivity contribution in [3.8, 4) is 0 Å². The molecule has 3 rings (SSSR count). The van der Waals surface area contributed by atoms with Crippen LogP contribution in [0.15, 0.2) is 24.3 Å². The molecular formula is C17H25N3O. The maximum absolute atomic E-state index is 12.5. The SMILES string of the molecule is CN1CCCCC1CNC(=O)C1CNCc2ccccc21. The van der Waals surface area contributed by atoms with Crippen LogP contribution in [0.4, 0.5) is 0 Å². The van der Waals surface area contributed by atoms with Crippen molar-refractivity contribution in [3.05, 3.63) is 35.4 Å². The van der Waals surface area contributed by atoms with E-state index in [1.165, 1.54) is 30.4 Å². The summed E-state index contributed by atoms with van der Waals surface area (Å²) >= 11 is 0. The molecule has 0 spiro atoms. The van der Waals surface area contributed by atoms with Gasteiger partial charge in [0.05, 0.1) is 5.92 Å². The molecule has 1 amide bonds. The smallest absolute Gasteiger partial charge is 0.228 e. The summed E-state index contributed by atoms with van der Waals surface area (Å²) in [5.74, 6) is 0.109. The van der Waals surface area contributed by atoms with Gasteiger partial charge in [-0.1, -0.05) is 30.7 Å². The summed E-state index contributed by atoms with van der Waals surface area (Å²) in [6, 6.07) is 8.76. The molecule has 2 aliphatic rings. The zero-order chi connectivity index (χ0) is 14.7. The fourth-order valence-electron chi connectivity index (χ4n) is 3.47. The van der Waals surface area contributed by atoms with E-state index in [1.54, 1.807) is 0 Å². The molecule has 0 saturated carbocycles. The van der Waals surface area contributed by atoms with E-state index in [0.717, 1.165) is 26.2 Å². The third-order valence-electron chi connectivity index (χ3n) is 4.84. The van der Waals surface area contributed by atoms with Crippen LogP contribution in [0.5, 0.6) is 0 Å². The van der Waals surface area contributed by atoms with E-state index in [-0.39, 0.29) is 11.8 Å². The first-order valence-electron chi connectivity index (χ1n) is 8.02. The Balaban J connectivity index is 1.61. The van der Waals surface area contributed by atoms with E-state index >= 15 is 0 Å². The topological polar surface area (TPSA) is 44.4 Å². The Bertz CT molecular complexity index is 503. The molecule has 0 aromatic heterocycles. The highest BCUT2D eigenvalue weighted by molar-refractivity contribution is 5.84. The lowest BCUT2D eigenvalue weighted by atomic mass is 9.90. The average Bonchev–Trinajstić information content (AvgIpc) is 2.53. The number of hydrogen-bond donors (Lipinski definition) is 2. The van der Waals surface area contributed by atoms with Crippen molar-refractivity contribution in [2.45, 2.75) is 37.8 Å². The molecule has 0 aliphatic carbocycles. The molecule has 1 aromatic rings. The summed E-state index contributed by atoms with van der Waals surface area (Å²) in [4.78, 5) is 14.9. The Labute approximate surface area is 126 Å². The normalized spacial score (nSPS) is 26.1. The zero-order valence-corrected chi connectivity index (χ0v) is 12.8. The fourth-order valence-corrected chi connectivity index (χ4v) is 3.47. The van der Waals surface area contributed by atoms with Crippen LogP contribution < -0.4 is 10.6 Å². The first-order valence-corrected chi connectivity index (χ1v) is 8.02. The van der Waals surface area contributed by atoms with Crippen LogP contribution >= 0.6 is 0 Å². The van der Waals surface area contributed by atoms with E-state index in [9.17, 15) is 4.79 Å². The molecule has 1 aromatic carbocycles. The molecular weight excluding hydrogens is 262 g/mol. The second kappa shape index (κ2) is 6.58. The number of carbonyl (C=O) groups excluding carboxylic acids is 1. The van der Waals surface area contributed by atoms with Crippen molar-refractivity contribution in [2.24, 2.45) is 0 Å². The zero-order valence-electron chi connectivity index (χ0n) is 12.8. The van der Waals surface area contributed by atoms with Crippen molar-refractivity contribution in [2.75, 3.05) is 26.7 Å². The van der Waals surface area contributed by atoms with Crippen molar-refractivity contribution in [1.29, 1.82) is 0 Å². The molecule has 0 bridgehead atoms. The predicted molar refractivity (Wildman–Crippen MR) is 84.2 cm³/mol. The maximum Gasteiger partial charge on any atom is 0.228 e. The standard InChI is InChI=1S/C17H25N3O/c1-20-9-5-4-7-14(20)11-19-17(21)16-12-18-10-13-6-2-3-8-15(13)16/h2-3,6,8,14,16,18H,4-5,7,9-12H2,1H3,(H,19,21). The minimum atomic E-state index is -0.0520. The van der Waals surface area contributed by atoms with Crippen LogP contribution in [0.1, 0.15) is 36.3 Å². The van der Waals surface area contributed by atoms with Gasteiger partial charge in [0, 0.05) is 25.7 Å². The van der Waals surface area contributed by atoms with Gasteiger partial charge in [0.1, 0.15) is 0 Å². The highest BCUT2D eigenvalue weighted by Crippen LogP contribution is 2.24. The van der Waals surface area contributed by atoms with Gasteiger partial charge in [-0.25, -0.2) is 0 Å². The van der Waals surface area contributed by atoms with Gasteiger partial charge in [-0.2, -0.15) is 0 Å². The lowest BCUT2D eigenvalue weighted by Gasteiger charge is -2.33. The van der Waals surface area contributed by atoms with Gasteiger partial charge >= 0.3 is 0 Å². The number of piperidine rings is 1. The predicted octanol–water partition coefficient (Wildman–Crippen LogP) is 1.47. The maximum atomic E-state index is 12.5. The lowest BCUT2D eigenvalue weighted by molar-refractivity contribution is -0.122. The van der Waals surface area contributed by atoms with E-state index in [0.29, 0.717) is 6.04 Å². The Hall–Kier alpha value is -1.39. The number of nitrogens with one attached hydrogen (secondary N) is 2. The van der Waals surface area contributed by atoms with E-state index in [1.807, 2.05) is 12.1 Å². The minimum Gasteiger partial charge on any atom is -0.354 e. The van der Waals surface area contributed by atoms with Crippen molar-refractivity contribution >= 4 is 5.91 Å². The van der Waals surface area contributed by atoms with Crippen LogP contribution in [-0.2, 0) is 11.3 Å². The van der Waals surface area contributed by atoms with Gasteiger partial charge in [-0.15, -0.1) is 0 Å². The second-order valence-corrected chi connectivity index (χ2v) is 6.26. The first-order chi connectivity index (χ1) is 10.3. The molecule has 2 heterocycles. The molecule has 1 fully saturated rings. The Morgan fingerprint density at radius 3 is 3.10 bits per heavy atom. The number of amides is 1. The third kappa shape index (κ3) is 3.27. The van der Waals surface area contributed by atoms with Crippen LogP contribution in [-0.4, -0.2) is 43.5 Å². The molecule has 1 saturated heterocycles. The summed E-state index contributed by atoms with van der Waals surface area (Å²) in [6.07, 6.45) is 3.75. The molecule has 2 aliphatic heterocycles. The summed E-state index contributed by atoms with van der Waals surface area (Å²) in [5, 5.41) is 6.52. The summed E-state index contributed by atoms with van der Waals surface area (Å²) < 4.78 is 0. The van der Waals surface area contributed by atoms with Crippen molar-refractivity contribution in [1.82, 2.24) is 15.5 Å². The van der Waals surface area contributed by atoms with E-state index in [2.05, 4.69) is 34.7 Å². The summed E-state index contributed by atoms with van der Waals surface area (Å²) in [6.45, 7) is 3.52. The fraction of sp³-hybridized carbons (Fsp3) is 0.588. The van der Waals surface area contributed by atoms with Crippen LogP contribution in [0.3, 0.4) is 0 Å². The van der Waals surface area contributed by atoms with Crippen LogP contribution in [0, 0.1) is 0 Å². The lowest BCUT2D eigenvalue weighted by Crippen LogP contribution is -2.47. The highest BCUT2D eigenvalue weighted by Gasteiger charge is 2.27. The van der Waals surface area contributed by atoms with Gasteiger partial charge in [-0.3, -0.25) is 4.79 Å².